The lowest BCUT2D eigenvalue weighted by molar-refractivity contribution is -0.136. The van der Waals surface area contributed by atoms with Crippen molar-refractivity contribution in [1.29, 1.82) is 0 Å². The third-order valence-electron chi connectivity index (χ3n) is 6.46. The molecule has 0 bridgehead atoms. The first-order chi connectivity index (χ1) is 19.6. The number of benzene rings is 3. The monoisotopic (exact) mass is 579 g/mol. The van der Waals surface area contributed by atoms with Crippen LogP contribution in [0.15, 0.2) is 68.8 Å². The average molecular weight is 580 g/mol. The molecule has 10 heteroatoms. The predicted molar refractivity (Wildman–Crippen MR) is 159 cm³/mol. The van der Waals surface area contributed by atoms with Gasteiger partial charge >= 0.3 is 12.1 Å². The van der Waals surface area contributed by atoms with E-state index in [1.165, 1.54) is 25.4 Å². The molecule has 3 N–H and O–H groups in total. The number of nitrogen functional groups attached to an aromatic ring is 1. The Labute approximate surface area is 241 Å². The number of hydrogen-bond acceptors (Lipinski definition) is 7. The second-order valence-electron chi connectivity index (χ2n) is 11.0. The first-order valence-electron chi connectivity index (χ1n) is 13.2. The Hall–Kier alpha value is -4.60. The van der Waals surface area contributed by atoms with Gasteiger partial charge in [-0.3, -0.25) is 9.79 Å². The van der Waals surface area contributed by atoms with Gasteiger partial charge in [0.25, 0.3) is 0 Å². The summed E-state index contributed by atoms with van der Waals surface area (Å²) < 4.78 is 53.2. The number of ether oxygens (including phenoxy) is 1. The number of nitrogens with one attached hydrogen (secondary N) is 1. The molecule has 0 saturated carbocycles. The van der Waals surface area contributed by atoms with Crippen LogP contribution in [-0.4, -0.2) is 24.8 Å². The summed E-state index contributed by atoms with van der Waals surface area (Å²) in [6, 6.07) is 13.3. The molecule has 4 rings (SSSR count). The smallest absolute Gasteiger partial charge is 0.418 e. The number of carbonyl (C=O) groups excluding carboxylic acids is 1. The predicted octanol–water partition coefficient (Wildman–Crippen LogP) is 7.55. The van der Waals surface area contributed by atoms with Crippen LogP contribution in [-0.2, 0) is 10.9 Å². The van der Waals surface area contributed by atoms with E-state index in [0.29, 0.717) is 16.8 Å². The van der Waals surface area contributed by atoms with Crippen LogP contribution in [0.1, 0.15) is 66.3 Å². The van der Waals surface area contributed by atoms with E-state index in [-0.39, 0.29) is 27.9 Å². The van der Waals surface area contributed by atoms with Crippen molar-refractivity contribution < 1.29 is 27.1 Å². The third kappa shape index (κ3) is 6.48. The number of esters is 1. The van der Waals surface area contributed by atoms with Crippen molar-refractivity contribution in [3.8, 4) is 11.3 Å². The van der Waals surface area contributed by atoms with Crippen LogP contribution in [0.5, 0.6) is 0 Å². The lowest BCUT2D eigenvalue weighted by atomic mass is 9.98. The largest absolute Gasteiger partial charge is 0.456 e. The molecule has 4 aromatic rings. The summed E-state index contributed by atoms with van der Waals surface area (Å²) in [6.07, 6.45) is -3.52. The maximum Gasteiger partial charge on any atom is 0.418 e. The fourth-order valence-corrected chi connectivity index (χ4v) is 4.63. The van der Waals surface area contributed by atoms with E-state index in [4.69, 9.17) is 14.9 Å². The minimum Gasteiger partial charge on any atom is -0.456 e. The van der Waals surface area contributed by atoms with E-state index in [1.807, 2.05) is 19.9 Å². The number of hydrogen-bond donors (Lipinski definition) is 2. The quantitative estimate of drug-likeness (QED) is 0.139. The van der Waals surface area contributed by atoms with Gasteiger partial charge in [-0.25, -0.2) is 4.79 Å². The highest BCUT2D eigenvalue weighted by atomic mass is 19.4. The molecule has 1 atom stereocenters. The molecule has 0 aliphatic carbocycles. The molecule has 0 fully saturated rings. The second kappa shape index (κ2) is 11.3. The number of alkyl halides is 3. The molecular formula is C32H32F3N3O4. The molecule has 0 amide bonds. The molecule has 0 saturated heterocycles. The van der Waals surface area contributed by atoms with Crippen LogP contribution < -0.4 is 16.5 Å². The number of carbonyl (C=O) groups is 1. The Morgan fingerprint density at radius 3 is 2.43 bits per heavy atom. The van der Waals surface area contributed by atoms with Crippen molar-refractivity contribution in [3.05, 3.63) is 92.6 Å². The van der Waals surface area contributed by atoms with Gasteiger partial charge in [0, 0.05) is 41.7 Å². The van der Waals surface area contributed by atoms with E-state index in [2.05, 4.69) is 10.3 Å². The molecule has 3 aromatic carbocycles. The number of anilines is 2. The number of nitrogens with two attached hydrogens (primary N) is 1. The van der Waals surface area contributed by atoms with Gasteiger partial charge in [0.15, 0.2) is 5.43 Å². The van der Waals surface area contributed by atoms with Gasteiger partial charge < -0.3 is 20.2 Å². The zero-order valence-electron chi connectivity index (χ0n) is 24.1. The Bertz CT molecular complexity index is 1750. The summed E-state index contributed by atoms with van der Waals surface area (Å²) in [6.45, 7) is 8.98. The van der Waals surface area contributed by atoms with Gasteiger partial charge in [0.2, 0.25) is 0 Å². The zero-order valence-corrected chi connectivity index (χ0v) is 24.1. The number of fused-ring (bicyclic) bond motifs is 1. The van der Waals surface area contributed by atoms with Crippen LogP contribution in [0, 0.1) is 6.92 Å². The fourth-order valence-electron chi connectivity index (χ4n) is 4.63. The molecule has 0 aliphatic heterocycles. The van der Waals surface area contributed by atoms with E-state index >= 15 is 0 Å². The third-order valence-corrected chi connectivity index (χ3v) is 6.46. The molecule has 1 aromatic heterocycles. The summed E-state index contributed by atoms with van der Waals surface area (Å²) in [7, 11) is 1.42. The highest BCUT2D eigenvalue weighted by Crippen LogP contribution is 2.39. The summed E-state index contributed by atoms with van der Waals surface area (Å²) in [5.74, 6) is -0.564. The highest BCUT2D eigenvalue weighted by Gasteiger charge is 2.34. The van der Waals surface area contributed by atoms with Crippen LogP contribution in [0.4, 0.5) is 24.5 Å². The van der Waals surface area contributed by atoms with E-state index in [0.717, 1.165) is 11.6 Å². The average Bonchev–Trinajstić information content (AvgIpc) is 2.88. The Balaban J connectivity index is 1.86. The fraction of sp³-hybridized carbons (Fsp3) is 0.281. The van der Waals surface area contributed by atoms with Crippen LogP contribution in [0.2, 0.25) is 0 Å². The van der Waals surface area contributed by atoms with Crippen LogP contribution in [0.25, 0.3) is 22.3 Å². The lowest BCUT2D eigenvalue weighted by Crippen LogP contribution is -2.24. The van der Waals surface area contributed by atoms with Crippen LogP contribution in [0.3, 0.4) is 0 Å². The molecule has 0 spiro atoms. The molecule has 220 valence electrons. The minimum absolute atomic E-state index is 0.0211. The summed E-state index contributed by atoms with van der Waals surface area (Å²) in [5.41, 5.74) is 5.60. The van der Waals surface area contributed by atoms with Crippen molar-refractivity contribution in [2.75, 3.05) is 18.1 Å². The Morgan fingerprint density at radius 2 is 1.79 bits per heavy atom. The number of aliphatic imine (C=N–C) groups is 1. The summed E-state index contributed by atoms with van der Waals surface area (Å²) >= 11 is 0. The van der Waals surface area contributed by atoms with Gasteiger partial charge in [-0.1, -0.05) is 18.2 Å². The molecule has 0 unspecified atom stereocenters. The molecule has 42 heavy (non-hydrogen) atoms. The Morgan fingerprint density at radius 1 is 1.10 bits per heavy atom. The Kier molecular flexibility index (Phi) is 8.20. The maximum atomic E-state index is 13.8. The molecule has 0 radical (unpaired) electrons. The van der Waals surface area contributed by atoms with Gasteiger partial charge in [0.05, 0.1) is 28.2 Å². The topological polar surface area (TPSA) is 107 Å². The lowest BCUT2D eigenvalue weighted by Gasteiger charge is -2.23. The van der Waals surface area contributed by atoms with Gasteiger partial charge in [0.1, 0.15) is 16.9 Å². The number of nitrogens with zero attached hydrogens (tertiary/aromatic N) is 1. The first-order valence-corrected chi connectivity index (χ1v) is 13.2. The number of rotatable bonds is 6. The molecular weight excluding hydrogens is 547 g/mol. The van der Waals surface area contributed by atoms with Crippen LogP contribution >= 0.6 is 0 Å². The number of para-hydroxylation sites is 1. The summed E-state index contributed by atoms with van der Waals surface area (Å²) in [4.78, 5) is 30.0. The van der Waals surface area contributed by atoms with Gasteiger partial charge in [-0.15, -0.1) is 0 Å². The molecule has 1 heterocycles. The van der Waals surface area contributed by atoms with Gasteiger partial charge in [-0.2, -0.15) is 13.2 Å². The van der Waals surface area contributed by atoms with Crippen molar-refractivity contribution in [3.63, 3.8) is 0 Å². The highest BCUT2D eigenvalue weighted by molar-refractivity contribution is 5.96. The molecule has 7 nitrogen and oxygen atoms in total. The minimum atomic E-state index is -4.74. The van der Waals surface area contributed by atoms with Crippen molar-refractivity contribution in [2.45, 2.75) is 52.4 Å². The summed E-state index contributed by atoms with van der Waals surface area (Å²) in [5, 5.41) is 3.58. The van der Waals surface area contributed by atoms with Crippen molar-refractivity contribution >= 4 is 34.5 Å². The van der Waals surface area contributed by atoms with E-state index < -0.39 is 40.5 Å². The van der Waals surface area contributed by atoms with Gasteiger partial charge in [-0.05, 0) is 70.5 Å². The standard InChI is InChI=1S/C32H32F3N3O4/c1-17-11-22(18(2)38-25-10-8-7-9-21(25)30(40)42-31(3,4)5)29-23(12-17)26(39)15-27(41-29)19-13-20(16-37-6)28(36)24(14-19)32(33,34)35/h7-16,18,38H,36H2,1-6H3/t18-/m1/s1. The normalized spacial score (nSPS) is 13.0. The maximum absolute atomic E-state index is 13.8. The number of aryl methyl sites for hydroxylation is 1. The molecule has 0 aliphatic rings. The van der Waals surface area contributed by atoms with E-state index in [9.17, 15) is 22.8 Å². The van der Waals surface area contributed by atoms with E-state index in [1.54, 1.807) is 51.1 Å². The SMILES string of the molecule is CN=Cc1cc(-c2cc(=O)c3cc(C)cc([C@@H](C)Nc4ccccc4C(=O)OC(C)(C)C)c3o2)cc(C(F)(F)F)c1N. The second-order valence-corrected chi connectivity index (χ2v) is 11.0. The first kappa shape index (κ1) is 30.4. The van der Waals surface area contributed by atoms with Crippen molar-refractivity contribution in [1.82, 2.24) is 0 Å². The zero-order chi connectivity index (χ0) is 31.0. The number of halogens is 3. The van der Waals surface area contributed by atoms with Crippen molar-refractivity contribution in [2.24, 2.45) is 4.99 Å².